The molecule has 1 amide bonds. The molecule has 0 N–H and O–H groups in total. The fourth-order valence-electron chi connectivity index (χ4n) is 3.62. The topological polar surface area (TPSA) is 59.0 Å². The highest BCUT2D eigenvalue weighted by molar-refractivity contribution is 5.90. The van der Waals surface area contributed by atoms with Crippen molar-refractivity contribution >= 4 is 16.8 Å². The van der Waals surface area contributed by atoms with E-state index in [1.807, 2.05) is 23.2 Å². The van der Waals surface area contributed by atoms with Crippen LogP contribution >= 0.6 is 0 Å². The van der Waals surface area contributed by atoms with Crippen LogP contribution in [0, 0.1) is 5.92 Å². The summed E-state index contributed by atoms with van der Waals surface area (Å²) in [7, 11) is 0. The number of pyridine rings is 1. The lowest BCUT2D eigenvalue weighted by Gasteiger charge is -2.32. The molecule has 0 aliphatic carbocycles. The molecule has 1 unspecified atom stereocenters. The molecule has 1 aliphatic rings. The Morgan fingerprint density at radius 2 is 1.88 bits per heavy atom. The molecule has 4 rings (SSSR count). The second-order valence-corrected chi connectivity index (χ2v) is 6.52. The van der Waals surface area contributed by atoms with E-state index in [0.29, 0.717) is 5.92 Å². The van der Waals surface area contributed by atoms with Gasteiger partial charge < -0.3 is 4.90 Å². The average Bonchev–Trinajstić information content (AvgIpc) is 2.69. The number of nitrogens with zero attached hydrogens (tertiary/aromatic N) is 4. The van der Waals surface area contributed by atoms with Gasteiger partial charge in [-0.3, -0.25) is 9.78 Å². The second kappa shape index (κ2) is 6.97. The number of amides is 1. The predicted octanol–water partition coefficient (Wildman–Crippen LogP) is 3.12. The molecule has 3 heterocycles. The fourth-order valence-corrected chi connectivity index (χ4v) is 3.62. The summed E-state index contributed by atoms with van der Waals surface area (Å²) in [5, 5.41) is 1.21. The SMILES string of the molecule is O=C(c1ncccn1)N1CCCC(Cc2cccc3ncccc23)C1. The van der Waals surface area contributed by atoms with Crippen LogP contribution in [0.5, 0.6) is 0 Å². The third kappa shape index (κ3) is 3.36. The van der Waals surface area contributed by atoms with Gasteiger partial charge in [0.15, 0.2) is 0 Å². The van der Waals surface area contributed by atoms with Crippen molar-refractivity contribution in [2.75, 3.05) is 13.1 Å². The van der Waals surface area contributed by atoms with Crippen LogP contribution in [0.2, 0.25) is 0 Å². The van der Waals surface area contributed by atoms with E-state index in [1.165, 1.54) is 10.9 Å². The first-order valence-corrected chi connectivity index (χ1v) is 8.70. The summed E-state index contributed by atoms with van der Waals surface area (Å²) < 4.78 is 0. The number of hydrogen-bond donors (Lipinski definition) is 0. The van der Waals surface area contributed by atoms with E-state index in [-0.39, 0.29) is 11.7 Å². The van der Waals surface area contributed by atoms with Crippen LogP contribution in [0.25, 0.3) is 10.9 Å². The lowest BCUT2D eigenvalue weighted by Crippen LogP contribution is -2.41. The number of benzene rings is 1. The molecule has 0 radical (unpaired) electrons. The first kappa shape index (κ1) is 15.7. The number of carbonyl (C=O) groups excluding carboxylic acids is 1. The Morgan fingerprint density at radius 1 is 1.04 bits per heavy atom. The summed E-state index contributed by atoms with van der Waals surface area (Å²) in [6.07, 6.45) is 8.17. The largest absolute Gasteiger partial charge is 0.336 e. The summed E-state index contributed by atoms with van der Waals surface area (Å²) in [4.78, 5) is 27.1. The van der Waals surface area contributed by atoms with Crippen molar-refractivity contribution in [3.63, 3.8) is 0 Å². The monoisotopic (exact) mass is 332 g/mol. The van der Waals surface area contributed by atoms with Crippen molar-refractivity contribution < 1.29 is 4.79 Å². The molecular weight excluding hydrogens is 312 g/mol. The molecule has 2 aromatic heterocycles. The van der Waals surface area contributed by atoms with Crippen LogP contribution in [0.4, 0.5) is 0 Å². The molecule has 0 spiro atoms. The summed E-state index contributed by atoms with van der Waals surface area (Å²) >= 11 is 0. The van der Waals surface area contributed by atoms with E-state index in [1.54, 1.807) is 18.5 Å². The van der Waals surface area contributed by atoms with Crippen LogP contribution in [0.15, 0.2) is 55.0 Å². The molecule has 0 bridgehead atoms. The van der Waals surface area contributed by atoms with E-state index < -0.39 is 0 Å². The Bertz CT molecular complexity index is 876. The molecule has 1 saturated heterocycles. The molecular formula is C20H20N4O. The lowest BCUT2D eigenvalue weighted by molar-refractivity contribution is 0.0661. The summed E-state index contributed by atoms with van der Waals surface area (Å²) in [6.45, 7) is 1.54. The minimum Gasteiger partial charge on any atom is -0.336 e. The highest BCUT2D eigenvalue weighted by Crippen LogP contribution is 2.25. The predicted molar refractivity (Wildman–Crippen MR) is 96.1 cm³/mol. The number of likely N-dealkylation sites (tertiary alicyclic amines) is 1. The maximum Gasteiger partial charge on any atom is 0.291 e. The minimum atomic E-state index is -0.0649. The first-order valence-electron chi connectivity index (χ1n) is 8.70. The summed E-state index contributed by atoms with van der Waals surface area (Å²) in [5.74, 6) is 0.676. The number of fused-ring (bicyclic) bond motifs is 1. The van der Waals surface area contributed by atoms with Crippen LogP contribution in [-0.2, 0) is 6.42 Å². The van der Waals surface area contributed by atoms with E-state index in [2.05, 4.69) is 33.2 Å². The van der Waals surface area contributed by atoms with Gasteiger partial charge in [0.2, 0.25) is 5.82 Å². The zero-order valence-corrected chi connectivity index (χ0v) is 14.0. The van der Waals surface area contributed by atoms with E-state index in [0.717, 1.165) is 37.9 Å². The normalized spacial score (nSPS) is 17.6. The smallest absolute Gasteiger partial charge is 0.291 e. The molecule has 1 atom stereocenters. The van der Waals surface area contributed by atoms with E-state index >= 15 is 0 Å². The molecule has 1 aliphatic heterocycles. The van der Waals surface area contributed by atoms with Gasteiger partial charge in [-0.15, -0.1) is 0 Å². The number of aromatic nitrogens is 3. The second-order valence-electron chi connectivity index (χ2n) is 6.52. The lowest BCUT2D eigenvalue weighted by atomic mass is 9.89. The molecule has 5 nitrogen and oxygen atoms in total. The third-order valence-electron chi connectivity index (χ3n) is 4.81. The van der Waals surface area contributed by atoms with Crippen molar-refractivity contribution in [2.24, 2.45) is 5.92 Å². The third-order valence-corrected chi connectivity index (χ3v) is 4.81. The Balaban J connectivity index is 1.51. The van der Waals surface area contributed by atoms with Gasteiger partial charge in [-0.2, -0.15) is 0 Å². The van der Waals surface area contributed by atoms with E-state index in [9.17, 15) is 4.79 Å². The maximum absolute atomic E-state index is 12.6. The molecule has 3 aromatic rings. The fraction of sp³-hybridized carbons (Fsp3) is 0.300. The number of piperidine rings is 1. The van der Waals surface area contributed by atoms with Gasteiger partial charge in [0.1, 0.15) is 0 Å². The van der Waals surface area contributed by atoms with Crippen molar-refractivity contribution in [1.82, 2.24) is 19.9 Å². The van der Waals surface area contributed by atoms with Gasteiger partial charge in [-0.05, 0) is 48.9 Å². The van der Waals surface area contributed by atoms with Gasteiger partial charge >= 0.3 is 0 Å². The standard InChI is InChI=1S/C20H20N4O/c25-20(19-22-10-4-11-23-19)24-12-3-5-15(14-24)13-16-6-1-8-18-17(16)7-2-9-21-18/h1-2,4,6-11,15H,3,5,12-14H2. The number of rotatable bonds is 3. The molecule has 0 saturated carbocycles. The molecule has 126 valence electrons. The van der Waals surface area contributed by atoms with Gasteiger partial charge in [0.25, 0.3) is 5.91 Å². The minimum absolute atomic E-state index is 0.0649. The maximum atomic E-state index is 12.6. The average molecular weight is 332 g/mol. The van der Waals surface area contributed by atoms with Crippen molar-refractivity contribution in [2.45, 2.75) is 19.3 Å². The van der Waals surface area contributed by atoms with Gasteiger partial charge in [0, 0.05) is 37.1 Å². The van der Waals surface area contributed by atoms with Crippen LogP contribution in [-0.4, -0.2) is 38.8 Å². The van der Waals surface area contributed by atoms with Gasteiger partial charge in [-0.25, -0.2) is 9.97 Å². The Morgan fingerprint density at radius 3 is 2.76 bits per heavy atom. The zero-order chi connectivity index (χ0) is 17.1. The van der Waals surface area contributed by atoms with Crippen LogP contribution in [0.1, 0.15) is 29.0 Å². The quantitative estimate of drug-likeness (QED) is 0.739. The van der Waals surface area contributed by atoms with Crippen molar-refractivity contribution in [3.05, 3.63) is 66.4 Å². The van der Waals surface area contributed by atoms with E-state index in [4.69, 9.17) is 0 Å². The number of carbonyl (C=O) groups is 1. The highest BCUT2D eigenvalue weighted by atomic mass is 16.2. The van der Waals surface area contributed by atoms with Crippen molar-refractivity contribution in [3.8, 4) is 0 Å². The van der Waals surface area contributed by atoms with Gasteiger partial charge in [-0.1, -0.05) is 18.2 Å². The summed E-state index contributed by atoms with van der Waals surface area (Å²) in [5.41, 5.74) is 2.34. The molecule has 1 fully saturated rings. The summed E-state index contributed by atoms with van der Waals surface area (Å²) in [6, 6.07) is 12.1. The number of hydrogen-bond acceptors (Lipinski definition) is 4. The Kier molecular flexibility index (Phi) is 4.37. The Labute approximate surface area is 146 Å². The van der Waals surface area contributed by atoms with Gasteiger partial charge in [0.05, 0.1) is 5.52 Å². The molecule has 1 aromatic carbocycles. The first-order chi connectivity index (χ1) is 12.3. The zero-order valence-electron chi connectivity index (χ0n) is 14.0. The highest BCUT2D eigenvalue weighted by Gasteiger charge is 2.26. The van der Waals surface area contributed by atoms with Crippen LogP contribution in [0.3, 0.4) is 0 Å². The van der Waals surface area contributed by atoms with Crippen LogP contribution < -0.4 is 0 Å². The Hall–Kier alpha value is -2.82. The van der Waals surface area contributed by atoms with Crippen molar-refractivity contribution in [1.29, 1.82) is 0 Å². The molecule has 5 heteroatoms. The molecule has 25 heavy (non-hydrogen) atoms.